The van der Waals surface area contributed by atoms with Crippen LogP contribution < -0.4 is 10.1 Å². The van der Waals surface area contributed by atoms with Crippen LogP contribution in [0.5, 0.6) is 5.75 Å². The molecule has 0 heterocycles. The number of carbonyl (C=O) groups is 2. The van der Waals surface area contributed by atoms with E-state index in [1.165, 1.54) is 12.1 Å². The van der Waals surface area contributed by atoms with E-state index in [1.807, 2.05) is 24.3 Å². The van der Waals surface area contributed by atoms with Gasteiger partial charge in [-0.1, -0.05) is 48.2 Å². The Morgan fingerprint density at radius 3 is 2.66 bits per heavy atom. The molecule has 0 aromatic heterocycles. The third kappa shape index (κ3) is 5.88. The van der Waals surface area contributed by atoms with Gasteiger partial charge in [-0.15, -0.1) is 0 Å². The molecule has 0 bridgehead atoms. The lowest BCUT2D eigenvalue weighted by Gasteiger charge is -2.23. The highest BCUT2D eigenvalue weighted by molar-refractivity contribution is 7.99. The van der Waals surface area contributed by atoms with Crippen LogP contribution in [-0.2, 0) is 9.53 Å². The highest BCUT2D eigenvalue weighted by atomic mass is 32.2. The number of esters is 1. The number of alkyl halides is 2. The molecule has 0 saturated heterocycles. The summed E-state index contributed by atoms with van der Waals surface area (Å²) in [7, 11) is 1.56. The van der Waals surface area contributed by atoms with Crippen molar-refractivity contribution in [2.24, 2.45) is 5.92 Å². The van der Waals surface area contributed by atoms with Crippen LogP contribution in [0, 0.1) is 5.92 Å². The maximum atomic E-state index is 12.8. The van der Waals surface area contributed by atoms with Gasteiger partial charge in [0.25, 0.3) is 11.7 Å². The summed E-state index contributed by atoms with van der Waals surface area (Å²) >= 11 is 0.342. The first-order chi connectivity index (χ1) is 15.4. The van der Waals surface area contributed by atoms with Crippen LogP contribution in [0.15, 0.2) is 65.6 Å². The molecule has 1 N–H and O–H groups in total. The molecule has 1 amide bonds. The molecule has 170 valence electrons. The van der Waals surface area contributed by atoms with E-state index < -0.39 is 17.6 Å². The third-order valence-corrected chi connectivity index (χ3v) is 5.99. The Morgan fingerprint density at radius 1 is 1.16 bits per heavy atom. The molecule has 0 aliphatic heterocycles. The third-order valence-electron chi connectivity index (χ3n) is 5.20. The smallest absolute Gasteiger partial charge is 0.314 e. The molecule has 8 heteroatoms. The van der Waals surface area contributed by atoms with Gasteiger partial charge in [-0.25, -0.2) is 0 Å². The van der Waals surface area contributed by atoms with E-state index in [4.69, 9.17) is 9.47 Å². The fourth-order valence-corrected chi connectivity index (χ4v) is 4.44. The molecule has 2 aromatic carbocycles. The van der Waals surface area contributed by atoms with Gasteiger partial charge in [0.15, 0.2) is 0 Å². The van der Waals surface area contributed by atoms with Crippen molar-refractivity contribution in [1.29, 1.82) is 0 Å². The number of benzene rings is 2. The Kier molecular flexibility index (Phi) is 8.27. The number of nitrogens with one attached hydrogen (secondary N) is 1. The van der Waals surface area contributed by atoms with E-state index in [2.05, 4.69) is 5.32 Å². The van der Waals surface area contributed by atoms with Crippen LogP contribution in [0.2, 0.25) is 0 Å². The number of carbonyl (C=O) groups excluding carboxylic acids is 2. The quantitative estimate of drug-likeness (QED) is 0.322. The summed E-state index contributed by atoms with van der Waals surface area (Å²) in [6.07, 6.45) is 4.21. The summed E-state index contributed by atoms with van der Waals surface area (Å²) in [5.74, 6) is -3.51. The number of halogens is 2. The number of amides is 1. The van der Waals surface area contributed by atoms with Crippen LogP contribution in [0.1, 0.15) is 35.2 Å². The first kappa shape index (κ1) is 23.8. The van der Waals surface area contributed by atoms with Crippen LogP contribution in [0.25, 0.3) is 0 Å². The van der Waals surface area contributed by atoms with Crippen molar-refractivity contribution >= 4 is 23.6 Å². The molecule has 1 aliphatic carbocycles. The number of ether oxygens (including phenoxy) is 2. The van der Waals surface area contributed by atoms with Gasteiger partial charge in [0.05, 0.1) is 25.2 Å². The van der Waals surface area contributed by atoms with Crippen molar-refractivity contribution in [2.45, 2.75) is 36.0 Å². The summed E-state index contributed by atoms with van der Waals surface area (Å²) in [5, 5.41) is 2.88. The fraction of sp³-hybridized carbons (Fsp3) is 0.333. The van der Waals surface area contributed by atoms with Crippen molar-refractivity contribution in [1.82, 2.24) is 5.32 Å². The highest BCUT2D eigenvalue weighted by Crippen LogP contribution is 2.36. The Hall–Kier alpha value is -2.87. The second kappa shape index (κ2) is 11.1. The van der Waals surface area contributed by atoms with Crippen LogP contribution in [0.3, 0.4) is 0 Å². The van der Waals surface area contributed by atoms with Gasteiger partial charge in [0.1, 0.15) is 5.75 Å². The summed E-state index contributed by atoms with van der Waals surface area (Å²) in [4.78, 5) is 25.7. The first-order valence-corrected chi connectivity index (χ1v) is 11.1. The average molecular weight is 462 g/mol. The van der Waals surface area contributed by atoms with Gasteiger partial charge in [-0.05, 0) is 49.1 Å². The minimum absolute atomic E-state index is 0.197. The molecular weight excluding hydrogens is 436 g/mol. The molecule has 1 aliphatic rings. The van der Waals surface area contributed by atoms with Gasteiger partial charge in [0.2, 0.25) is 0 Å². The van der Waals surface area contributed by atoms with Gasteiger partial charge in [-0.2, -0.15) is 8.78 Å². The highest BCUT2D eigenvalue weighted by Gasteiger charge is 2.34. The van der Waals surface area contributed by atoms with Crippen LogP contribution in [0.4, 0.5) is 8.78 Å². The molecule has 3 atom stereocenters. The molecule has 0 unspecified atom stereocenters. The summed E-state index contributed by atoms with van der Waals surface area (Å²) in [5.41, 5.74) is 0.965. The number of thioether (sulfide) groups is 1. The molecule has 0 saturated carbocycles. The Balaban J connectivity index is 1.74. The molecule has 32 heavy (non-hydrogen) atoms. The van der Waals surface area contributed by atoms with E-state index in [-0.39, 0.29) is 35.0 Å². The number of allylic oxidation sites excluding steroid dienone is 1. The minimum Gasteiger partial charge on any atom is -0.497 e. The molecule has 2 aromatic rings. The van der Waals surface area contributed by atoms with Gasteiger partial charge >= 0.3 is 5.97 Å². The van der Waals surface area contributed by atoms with E-state index in [0.717, 1.165) is 5.56 Å². The lowest BCUT2D eigenvalue weighted by Crippen LogP contribution is -2.34. The minimum atomic E-state index is -2.62. The van der Waals surface area contributed by atoms with Gasteiger partial charge in [0, 0.05) is 10.9 Å². The number of rotatable bonds is 9. The molecular formula is C24H25F2NO4S. The summed E-state index contributed by atoms with van der Waals surface area (Å²) < 4.78 is 36.3. The Bertz CT molecular complexity index is 982. The molecule has 3 rings (SSSR count). The molecule has 0 radical (unpaired) electrons. The van der Waals surface area contributed by atoms with Gasteiger partial charge in [-0.3, -0.25) is 9.59 Å². The fourth-order valence-electron chi connectivity index (χ4n) is 3.81. The Morgan fingerprint density at radius 2 is 1.94 bits per heavy atom. The van der Waals surface area contributed by atoms with Crippen molar-refractivity contribution in [3.8, 4) is 5.75 Å². The standard InChI is InChI=1S/C24H25F2NO4S/c1-3-31-23(29)21(15-7-6-8-18(14-15)30-2)16-11-12-17(13-16)27-22(28)19-9-4-5-10-20(19)32-24(25)26/h4-12,14,16-17,21,24H,3,13H2,1-2H3,(H,27,28)/t16-,17+,21+/m0/s1. The maximum absolute atomic E-state index is 12.8. The molecule has 0 fully saturated rings. The normalized spacial score (nSPS) is 18.4. The molecule has 5 nitrogen and oxygen atoms in total. The maximum Gasteiger partial charge on any atom is 0.314 e. The van der Waals surface area contributed by atoms with Gasteiger partial charge < -0.3 is 14.8 Å². The summed E-state index contributed by atoms with van der Waals surface area (Å²) in [6.45, 7) is 2.01. The van der Waals surface area contributed by atoms with Crippen molar-refractivity contribution in [2.75, 3.05) is 13.7 Å². The second-order valence-electron chi connectivity index (χ2n) is 7.25. The number of methoxy groups -OCH3 is 1. The van der Waals surface area contributed by atoms with E-state index in [0.29, 0.717) is 23.9 Å². The lowest BCUT2D eigenvalue weighted by molar-refractivity contribution is -0.146. The first-order valence-electron chi connectivity index (χ1n) is 10.3. The van der Waals surface area contributed by atoms with E-state index in [9.17, 15) is 18.4 Å². The van der Waals surface area contributed by atoms with E-state index in [1.54, 1.807) is 38.3 Å². The zero-order valence-electron chi connectivity index (χ0n) is 17.8. The second-order valence-corrected chi connectivity index (χ2v) is 8.28. The van der Waals surface area contributed by atoms with Crippen molar-refractivity contribution in [3.05, 3.63) is 71.8 Å². The monoisotopic (exact) mass is 461 g/mol. The largest absolute Gasteiger partial charge is 0.497 e. The van der Waals surface area contributed by atoms with Crippen LogP contribution in [-0.4, -0.2) is 37.4 Å². The number of hydrogen-bond donors (Lipinski definition) is 1. The lowest BCUT2D eigenvalue weighted by atomic mass is 9.85. The Labute approximate surface area is 190 Å². The zero-order valence-corrected chi connectivity index (χ0v) is 18.6. The van der Waals surface area contributed by atoms with Crippen LogP contribution >= 0.6 is 11.8 Å². The number of hydrogen-bond acceptors (Lipinski definition) is 5. The summed E-state index contributed by atoms with van der Waals surface area (Å²) in [6, 6.07) is 13.2. The van der Waals surface area contributed by atoms with Crippen molar-refractivity contribution in [3.63, 3.8) is 0 Å². The zero-order chi connectivity index (χ0) is 23.1. The SMILES string of the molecule is CCOC(=O)[C@H](c1cccc(OC)c1)[C@H]1C=C[C@@H](NC(=O)c2ccccc2SC(F)F)C1. The van der Waals surface area contributed by atoms with Crippen molar-refractivity contribution < 1.29 is 27.8 Å². The van der Waals surface area contributed by atoms with E-state index >= 15 is 0 Å². The molecule has 0 spiro atoms. The predicted octanol–water partition coefficient (Wildman–Crippen LogP) is 5.03. The topological polar surface area (TPSA) is 64.6 Å². The average Bonchev–Trinajstić information content (AvgIpc) is 3.22. The predicted molar refractivity (Wildman–Crippen MR) is 119 cm³/mol.